The lowest BCUT2D eigenvalue weighted by Gasteiger charge is -2.17. The summed E-state index contributed by atoms with van der Waals surface area (Å²) in [5, 5.41) is 1.12. The third-order valence-electron chi connectivity index (χ3n) is 4.73. The van der Waals surface area contributed by atoms with Crippen LogP contribution in [0.25, 0.3) is 22.3 Å². The summed E-state index contributed by atoms with van der Waals surface area (Å²) in [6.07, 6.45) is 4.42. The van der Waals surface area contributed by atoms with Crippen LogP contribution < -0.4 is 4.94 Å². The standard InChI is InChI=1S/C19H20FN3O/c20-24-17-7-5-15(6-8-17)18-14-16-4-3-9-21-19(16)23(18)13-12-22-10-1-2-11-22/h3-9,14H,1-2,10-13H2. The fraction of sp³-hybridized carbons (Fsp3) is 0.316. The van der Waals surface area contributed by atoms with Gasteiger partial charge in [0.05, 0.1) is 5.69 Å². The van der Waals surface area contributed by atoms with E-state index in [4.69, 9.17) is 0 Å². The summed E-state index contributed by atoms with van der Waals surface area (Å²) in [7, 11) is 0. The molecule has 1 aliphatic heterocycles. The largest absolute Gasteiger partial charge is 0.324 e. The van der Waals surface area contributed by atoms with Gasteiger partial charge in [-0.1, -0.05) is 0 Å². The Morgan fingerprint density at radius 2 is 1.83 bits per heavy atom. The van der Waals surface area contributed by atoms with E-state index in [-0.39, 0.29) is 5.75 Å². The molecule has 0 atom stereocenters. The van der Waals surface area contributed by atoms with Crippen LogP contribution in [0.2, 0.25) is 0 Å². The van der Waals surface area contributed by atoms with E-state index in [1.54, 1.807) is 12.1 Å². The first kappa shape index (κ1) is 15.1. The van der Waals surface area contributed by atoms with Gasteiger partial charge in [-0.25, -0.2) is 4.98 Å². The van der Waals surface area contributed by atoms with Crippen molar-refractivity contribution in [3.8, 4) is 17.0 Å². The minimum absolute atomic E-state index is 0.219. The first-order chi connectivity index (χ1) is 11.8. The van der Waals surface area contributed by atoms with E-state index in [0.29, 0.717) is 0 Å². The molecule has 0 saturated carbocycles. The van der Waals surface area contributed by atoms with Crippen LogP contribution in [0.4, 0.5) is 4.53 Å². The number of benzene rings is 1. The molecule has 1 aliphatic rings. The van der Waals surface area contributed by atoms with Crippen LogP contribution in [0.3, 0.4) is 0 Å². The van der Waals surface area contributed by atoms with E-state index in [0.717, 1.165) is 35.4 Å². The van der Waals surface area contributed by atoms with Crippen molar-refractivity contribution < 1.29 is 9.47 Å². The Labute approximate surface area is 140 Å². The van der Waals surface area contributed by atoms with Crippen LogP contribution in [-0.2, 0) is 6.54 Å². The maximum absolute atomic E-state index is 12.3. The normalized spacial score (nSPS) is 15.2. The molecule has 0 N–H and O–H groups in total. The van der Waals surface area contributed by atoms with Gasteiger partial charge < -0.3 is 9.47 Å². The second kappa shape index (κ2) is 6.61. The lowest BCUT2D eigenvalue weighted by molar-refractivity contribution is -0.00618. The van der Waals surface area contributed by atoms with E-state index in [1.165, 1.54) is 25.9 Å². The zero-order valence-electron chi connectivity index (χ0n) is 13.5. The number of halogens is 1. The van der Waals surface area contributed by atoms with Crippen molar-refractivity contribution in [2.24, 2.45) is 0 Å². The molecule has 1 fully saturated rings. The Balaban J connectivity index is 1.70. The molecule has 3 heterocycles. The molecule has 2 aromatic heterocycles. The van der Waals surface area contributed by atoms with E-state index in [9.17, 15) is 4.53 Å². The van der Waals surface area contributed by atoms with E-state index in [1.807, 2.05) is 24.4 Å². The first-order valence-corrected chi connectivity index (χ1v) is 8.41. The summed E-state index contributed by atoms with van der Waals surface area (Å²) in [4.78, 5) is 10.8. The van der Waals surface area contributed by atoms with Gasteiger partial charge in [-0.05, 0) is 74.0 Å². The summed E-state index contributed by atoms with van der Waals surface area (Å²) >= 11 is 0. The summed E-state index contributed by atoms with van der Waals surface area (Å²) < 4.78 is 14.5. The number of hydrogen-bond donors (Lipinski definition) is 0. The minimum Gasteiger partial charge on any atom is -0.324 e. The Morgan fingerprint density at radius 1 is 1.04 bits per heavy atom. The van der Waals surface area contributed by atoms with Gasteiger partial charge in [0.15, 0.2) is 5.75 Å². The van der Waals surface area contributed by atoms with Gasteiger partial charge in [-0.15, -0.1) is 0 Å². The molecular weight excluding hydrogens is 305 g/mol. The average Bonchev–Trinajstić information content (AvgIpc) is 3.27. The smallest absolute Gasteiger partial charge is 0.171 e. The fourth-order valence-electron chi connectivity index (χ4n) is 3.48. The number of pyridine rings is 1. The molecule has 0 aliphatic carbocycles. The maximum atomic E-state index is 12.3. The van der Waals surface area contributed by atoms with Gasteiger partial charge in [0.25, 0.3) is 0 Å². The number of aromatic nitrogens is 2. The van der Waals surface area contributed by atoms with Crippen LogP contribution in [-0.4, -0.2) is 34.1 Å². The molecule has 4 rings (SSSR count). The molecule has 4 nitrogen and oxygen atoms in total. The highest BCUT2D eigenvalue weighted by atomic mass is 19.3. The highest BCUT2D eigenvalue weighted by Gasteiger charge is 2.15. The lowest BCUT2D eigenvalue weighted by atomic mass is 10.1. The number of fused-ring (bicyclic) bond motifs is 1. The highest BCUT2D eigenvalue weighted by Crippen LogP contribution is 2.28. The monoisotopic (exact) mass is 325 g/mol. The summed E-state index contributed by atoms with van der Waals surface area (Å²) in [6.45, 7) is 4.30. The molecular formula is C19H20FN3O. The molecule has 24 heavy (non-hydrogen) atoms. The van der Waals surface area contributed by atoms with Gasteiger partial charge in [0.1, 0.15) is 5.65 Å². The molecule has 0 bridgehead atoms. The van der Waals surface area contributed by atoms with E-state index >= 15 is 0 Å². The van der Waals surface area contributed by atoms with Gasteiger partial charge in [0.2, 0.25) is 0 Å². The first-order valence-electron chi connectivity index (χ1n) is 8.41. The minimum atomic E-state index is 0.219. The summed E-state index contributed by atoms with van der Waals surface area (Å²) in [5.41, 5.74) is 3.14. The van der Waals surface area contributed by atoms with Crippen molar-refractivity contribution in [3.63, 3.8) is 0 Å². The van der Waals surface area contributed by atoms with E-state index < -0.39 is 0 Å². The van der Waals surface area contributed by atoms with Crippen molar-refractivity contribution in [1.29, 1.82) is 0 Å². The summed E-state index contributed by atoms with van der Waals surface area (Å²) in [6, 6.07) is 13.2. The molecule has 0 radical (unpaired) electrons. The van der Waals surface area contributed by atoms with Crippen LogP contribution in [0.15, 0.2) is 48.7 Å². The van der Waals surface area contributed by atoms with Crippen LogP contribution in [0.1, 0.15) is 12.8 Å². The number of rotatable bonds is 5. The molecule has 3 aromatic rings. The van der Waals surface area contributed by atoms with Crippen molar-refractivity contribution >= 4 is 11.0 Å². The Bertz CT molecular complexity index is 822. The quantitative estimate of drug-likeness (QED) is 0.708. The van der Waals surface area contributed by atoms with Gasteiger partial charge in [-0.2, -0.15) is 0 Å². The molecule has 124 valence electrons. The topological polar surface area (TPSA) is 30.3 Å². The third kappa shape index (κ3) is 2.87. The molecule has 1 saturated heterocycles. The average molecular weight is 325 g/mol. The van der Waals surface area contributed by atoms with Crippen LogP contribution >= 0.6 is 0 Å². The zero-order chi connectivity index (χ0) is 16.4. The third-order valence-corrected chi connectivity index (χ3v) is 4.73. The van der Waals surface area contributed by atoms with Crippen LogP contribution in [0, 0.1) is 0 Å². The second-order valence-corrected chi connectivity index (χ2v) is 6.25. The number of hydrogen-bond acceptors (Lipinski definition) is 3. The van der Waals surface area contributed by atoms with E-state index in [2.05, 4.69) is 31.5 Å². The number of likely N-dealkylation sites (tertiary alicyclic amines) is 1. The number of nitrogens with zero attached hydrogens (tertiary/aromatic N) is 3. The maximum Gasteiger partial charge on any atom is 0.171 e. The van der Waals surface area contributed by atoms with Crippen molar-refractivity contribution in [1.82, 2.24) is 14.5 Å². The Hall–Kier alpha value is -2.40. The Morgan fingerprint density at radius 3 is 2.58 bits per heavy atom. The van der Waals surface area contributed by atoms with Gasteiger partial charge in [-0.3, -0.25) is 4.94 Å². The van der Waals surface area contributed by atoms with Gasteiger partial charge >= 0.3 is 0 Å². The lowest BCUT2D eigenvalue weighted by Crippen LogP contribution is -2.24. The predicted octanol–water partition coefficient (Wildman–Crippen LogP) is 4.06. The van der Waals surface area contributed by atoms with Crippen LogP contribution in [0.5, 0.6) is 5.75 Å². The second-order valence-electron chi connectivity index (χ2n) is 6.25. The zero-order valence-corrected chi connectivity index (χ0v) is 13.5. The van der Waals surface area contributed by atoms with Crippen molar-refractivity contribution in [3.05, 3.63) is 48.7 Å². The molecule has 1 aromatic carbocycles. The SMILES string of the molecule is FOc1ccc(-c2cc3cccnc3n2CCN2CCCC2)cc1. The molecule has 0 amide bonds. The van der Waals surface area contributed by atoms with Crippen molar-refractivity contribution in [2.75, 3.05) is 19.6 Å². The molecule has 0 unspecified atom stereocenters. The fourth-order valence-corrected chi connectivity index (χ4v) is 3.48. The predicted molar refractivity (Wildman–Crippen MR) is 92.6 cm³/mol. The Kier molecular flexibility index (Phi) is 4.17. The van der Waals surface area contributed by atoms with Crippen molar-refractivity contribution in [2.45, 2.75) is 19.4 Å². The molecule has 5 heteroatoms. The summed E-state index contributed by atoms with van der Waals surface area (Å²) in [5.74, 6) is 0.219. The molecule has 0 spiro atoms. The highest BCUT2D eigenvalue weighted by molar-refractivity contribution is 5.84. The van der Waals surface area contributed by atoms with Gasteiger partial charge in [0, 0.05) is 29.2 Å².